The van der Waals surface area contributed by atoms with Gasteiger partial charge in [-0.05, 0) is 83.9 Å². The van der Waals surface area contributed by atoms with Gasteiger partial charge in [-0.3, -0.25) is 0 Å². The second-order valence-electron chi connectivity index (χ2n) is 12.3. The zero-order chi connectivity index (χ0) is 33.8. The van der Waals surface area contributed by atoms with Crippen molar-refractivity contribution in [1.82, 2.24) is 9.13 Å². The first-order valence-electron chi connectivity index (χ1n) is 16.3. The summed E-state index contributed by atoms with van der Waals surface area (Å²) in [6, 6.07) is 57.9. The molecule has 0 aliphatic carbocycles. The van der Waals surface area contributed by atoms with E-state index in [9.17, 15) is 15.8 Å². The quantitative estimate of drug-likeness (QED) is 0.193. The summed E-state index contributed by atoms with van der Waals surface area (Å²) in [4.78, 5) is 0. The number of hydrogen-bond donors (Lipinski definition) is 0. The number of nitrogens with zero attached hydrogens (tertiary/aromatic N) is 5. The van der Waals surface area contributed by atoms with Crippen LogP contribution in [0.5, 0.6) is 0 Å². The van der Waals surface area contributed by atoms with Gasteiger partial charge in [0.15, 0.2) is 0 Å². The van der Waals surface area contributed by atoms with Crippen LogP contribution in [0.25, 0.3) is 77.2 Å². The summed E-state index contributed by atoms with van der Waals surface area (Å²) in [7, 11) is 0. The van der Waals surface area contributed by atoms with Crippen LogP contribution >= 0.6 is 0 Å². The molecule has 0 spiro atoms. The Morgan fingerprint density at radius 3 is 1.78 bits per heavy atom. The molecule has 2 heterocycles. The Kier molecular flexibility index (Phi) is 6.56. The number of benzene rings is 7. The number of nitriles is 3. The van der Waals surface area contributed by atoms with Gasteiger partial charge < -0.3 is 9.13 Å². The average molecular weight is 636 g/mol. The molecule has 5 nitrogen and oxygen atoms in total. The number of para-hydroxylation sites is 3. The van der Waals surface area contributed by atoms with E-state index in [2.05, 4.69) is 112 Å². The fourth-order valence-electron chi connectivity index (χ4n) is 7.39. The maximum atomic E-state index is 10.4. The first-order chi connectivity index (χ1) is 24.7. The van der Waals surface area contributed by atoms with E-state index in [1.165, 1.54) is 10.8 Å². The summed E-state index contributed by atoms with van der Waals surface area (Å²) >= 11 is 0. The maximum Gasteiger partial charge on any atom is 0.0998 e. The molecule has 0 radical (unpaired) electrons. The molecule has 230 valence electrons. The summed E-state index contributed by atoms with van der Waals surface area (Å²) in [6.07, 6.45) is 0. The molecule has 0 aliphatic heterocycles. The van der Waals surface area contributed by atoms with Gasteiger partial charge in [0.25, 0.3) is 0 Å². The van der Waals surface area contributed by atoms with Crippen LogP contribution in [0.3, 0.4) is 0 Å². The van der Waals surface area contributed by atoms with Gasteiger partial charge in [0.2, 0.25) is 0 Å². The Bertz CT molecular complexity index is 2920. The molecule has 7 aromatic carbocycles. The third-order valence-electron chi connectivity index (χ3n) is 9.62. The van der Waals surface area contributed by atoms with Crippen molar-refractivity contribution in [2.75, 3.05) is 0 Å². The van der Waals surface area contributed by atoms with Crippen LogP contribution in [-0.4, -0.2) is 9.13 Å². The molecule has 0 bridgehead atoms. The van der Waals surface area contributed by atoms with Crippen LogP contribution < -0.4 is 0 Å². The summed E-state index contributed by atoms with van der Waals surface area (Å²) in [6.45, 7) is 0. The standard InChI is InChI=1S/C45H25N5/c46-26-29-17-21-44-40(22-29)38-20-16-30(27-47)23-45(38)49(44)34-9-7-8-31(24-34)32-18-19-33(28-48)39(25-32)37-12-3-6-15-43(37)50-41-13-4-1-10-35(41)36-11-2-5-14-42(36)50/h1-25H. The van der Waals surface area contributed by atoms with Crippen LogP contribution in [0.15, 0.2) is 152 Å². The molecule has 0 fully saturated rings. The topological polar surface area (TPSA) is 81.2 Å². The minimum Gasteiger partial charge on any atom is -0.309 e. The van der Waals surface area contributed by atoms with E-state index >= 15 is 0 Å². The van der Waals surface area contributed by atoms with Crippen molar-refractivity contribution in [3.05, 3.63) is 168 Å². The molecule has 50 heavy (non-hydrogen) atoms. The first-order valence-corrected chi connectivity index (χ1v) is 16.3. The van der Waals surface area contributed by atoms with Gasteiger partial charge in [-0.1, -0.05) is 78.9 Å². The predicted molar refractivity (Wildman–Crippen MR) is 200 cm³/mol. The fourth-order valence-corrected chi connectivity index (χ4v) is 7.39. The Morgan fingerprint density at radius 2 is 1.02 bits per heavy atom. The normalized spacial score (nSPS) is 11.1. The van der Waals surface area contributed by atoms with E-state index in [1.54, 1.807) is 0 Å². The Labute approximate surface area is 287 Å². The number of rotatable bonds is 4. The summed E-state index contributed by atoms with van der Waals surface area (Å²) in [5.74, 6) is 0. The van der Waals surface area contributed by atoms with E-state index in [-0.39, 0.29) is 0 Å². The molecule has 9 aromatic rings. The largest absolute Gasteiger partial charge is 0.309 e. The second kappa shape index (κ2) is 11.4. The lowest BCUT2D eigenvalue weighted by Gasteiger charge is -2.16. The zero-order valence-electron chi connectivity index (χ0n) is 26.7. The molecule has 0 saturated carbocycles. The summed E-state index contributed by atoms with van der Waals surface area (Å²) < 4.78 is 4.45. The van der Waals surface area contributed by atoms with Crippen LogP contribution in [-0.2, 0) is 0 Å². The fraction of sp³-hybridized carbons (Fsp3) is 0. The minimum atomic E-state index is 0.567. The van der Waals surface area contributed by atoms with Crippen molar-refractivity contribution in [3.8, 4) is 51.8 Å². The molecule has 9 rings (SSSR count). The second-order valence-corrected chi connectivity index (χ2v) is 12.3. The number of aromatic nitrogens is 2. The van der Waals surface area contributed by atoms with Crippen molar-refractivity contribution >= 4 is 43.6 Å². The maximum absolute atomic E-state index is 10.4. The van der Waals surface area contributed by atoms with Crippen LogP contribution in [0.4, 0.5) is 0 Å². The Hall–Kier alpha value is -7.39. The molecule has 0 atom stereocenters. The highest BCUT2D eigenvalue weighted by molar-refractivity contribution is 6.11. The summed E-state index contributed by atoms with van der Waals surface area (Å²) in [5.41, 5.74) is 11.5. The molecule has 5 heteroatoms. The molecule has 0 aliphatic rings. The van der Waals surface area contributed by atoms with Crippen molar-refractivity contribution in [3.63, 3.8) is 0 Å². The predicted octanol–water partition coefficient (Wildman–Crippen LogP) is 10.8. The van der Waals surface area contributed by atoms with Gasteiger partial charge in [0.1, 0.15) is 0 Å². The number of hydrogen-bond acceptors (Lipinski definition) is 3. The van der Waals surface area contributed by atoms with Crippen molar-refractivity contribution in [2.24, 2.45) is 0 Å². The van der Waals surface area contributed by atoms with Crippen molar-refractivity contribution < 1.29 is 0 Å². The van der Waals surface area contributed by atoms with Gasteiger partial charge in [0.05, 0.1) is 62.7 Å². The Morgan fingerprint density at radius 1 is 0.380 bits per heavy atom. The minimum absolute atomic E-state index is 0.567. The van der Waals surface area contributed by atoms with E-state index < -0.39 is 0 Å². The van der Waals surface area contributed by atoms with Gasteiger partial charge in [-0.15, -0.1) is 0 Å². The molecule has 0 amide bonds. The molecule has 0 N–H and O–H groups in total. The van der Waals surface area contributed by atoms with E-state index in [0.717, 1.165) is 66.5 Å². The van der Waals surface area contributed by atoms with Crippen LogP contribution in [0.2, 0.25) is 0 Å². The van der Waals surface area contributed by atoms with Gasteiger partial charge in [-0.2, -0.15) is 15.8 Å². The molecular weight excluding hydrogens is 611 g/mol. The lowest BCUT2D eigenvalue weighted by atomic mass is 9.93. The third kappa shape index (κ3) is 4.38. The van der Waals surface area contributed by atoms with Gasteiger partial charge in [-0.25, -0.2) is 0 Å². The van der Waals surface area contributed by atoms with Crippen molar-refractivity contribution in [2.45, 2.75) is 0 Å². The highest BCUT2D eigenvalue weighted by Crippen LogP contribution is 2.39. The molecule has 2 aromatic heterocycles. The van der Waals surface area contributed by atoms with Gasteiger partial charge >= 0.3 is 0 Å². The van der Waals surface area contributed by atoms with Crippen LogP contribution in [0.1, 0.15) is 16.7 Å². The SMILES string of the molecule is N#Cc1ccc2c(c1)c1ccc(C#N)cc1n2-c1cccc(-c2ccc(C#N)c(-c3ccccc3-n3c4ccccc4c4ccccc43)c2)c1. The highest BCUT2D eigenvalue weighted by atomic mass is 15.0. The lowest BCUT2D eigenvalue weighted by Crippen LogP contribution is -1.98. The third-order valence-corrected chi connectivity index (χ3v) is 9.62. The van der Waals surface area contributed by atoms with Crippen molar-refractivity contribution in [1.29, 1.82) is 15.8 Å². The zero-order valence-corrected chi connectivity index (χ0v) is 26.7. The molecule has 0 saturated heterocycles. The number of fused-ring (bicyclic) bond motifs is 6. The van der Waals surface area contributed by atoms with E-state index in [4.69, 9.17) is 0 Å². The highest BCUT2D eigenvalue weighted by Gasteiger charge is 2.18. The van der Waals surface area contributed by atoms with E-state index in [1.807, 2.05) is 66.7 Å². The first kappa shape index (κ1) is 28.8. The average Bonchev–Trinajstić information content (AvgIpc) is 3.69. The summed E-state index contributed by atoms with van der Waals surface area (Å²) in [5, 5.41) is 34.0. The smallest absolute Gasteiger partial charge is 0.0998 e. The van der Waals surface area contributed by atoms with E-state index in [0.29, 0.717) is 16.7 Å². The van der Waals surface area contributed by atoms with Crippen LogP contribution in [0, 0.1) is 34.0 Å². The lowest BCUT2D eigenvalue weighted by molar-refractivity contribution is 1.18. The molecular formula is C45H25N5. The van der Waals surface area contributed by atoms with Gasteiger partial charge in [0, 0.05) is 38.4 Å². The monoisotopic (exact) mass is 635 g/mol. The molecule has 0 unspecified atom stereocenters. The Balaban J connectivity index is 1.24.